The molecule has 7 heteroatoms. The van der Waals surface area contributed by atoms with E-state index in [1.807, 2.05) is 31.2 Å². The Morgan fingerprint density at radius 2 is 1.85 bits per heavy atom. The summed E-state index contributed by atoms with van der Waals surface area (Å²) in [6, 6.07) is 14.3. The summed E-state index contributed by atoms with van der Waals surface area (Å²) in [4.78, 5) is 12.3. The van der Waals surface area contributed by atoms with Crippen LogP contribution in [0.1, 0.15) is 24.4 Å². The topological polar surface area (TPSA) is 59.8 Å². The molecule has 1 aromatic heterocycles. The number of nitrogens with zero attached hydrogens (tertiary/aromatic N) is 3. The first-order valence-corrected chi connectivity index (χ1v) is 9.79. The molecule has 0 spiro atoms. The molecule has 4 rings (SSSR count). The van der Waals surface area contributed by atoms with Gasteiger partial charge in [-0.2, -0.15) is 0 Å². The predicted molar refractivity (Wildman–Crippen MR) is 104 cm³/mol. The van der Waals surface area contributed by atoms with Crippen molar-refractivity contribution in [3.05, 3.63) is 59.9 Å². The van der Waals surface area contributed by atoms with Gasteiger partial charge in [0.05, 0.1) is 5.75 Å². The van der Waals surface area contributed by atoms with Gasteiger partial charge in [0.15, 0.2) is 11.0 Å². The van der Waals surface area contributed by atoms with E-state index in [-0.39, 0.29) is 17.5 Å². The monoisotopic (exact) mass is 382 g/mol. The second-order valence-electron chi connectivity index (χ2n) is 6.62. The fraction of sp³-hybridized carbons (Fsp3) is 0.250. The molecule has 0 unspecified atom stereocenters. The summed E-state index contributed by atoms with van der Waals surface area (Å²) in [5, 5.41) is 12.2. The number of benzene rings is 2. The Bertz CT molecular complexity index is 949. The average molecular weight is 382 g/mol. The molecule has 1 fully saturated rings. The van der Waals surface area contributed by atoms with Crippen LogP contribution in [0.3, 0.4) is 0 Å². The zero-order chi connectivity index (χ0) is 18.8. The van der Waals surface area contributed by atoms with Crippen LogP contribution in [0.25, 0.3) is 11.4 Å². The SMILES string of the molecule is Cc1ccc(NC(=O)CSc2nnc(-c3ccc(F)cc3)n2C2CC2)cc1. The van der Waals surface area contributed by atoms with Crippen molar-refractivity contribution in [3.63, 3.8) is 0 Å². The molecule has 0 atom stereocenters. The van der Waals surface area contributed by atoms with E-state index in [9.17, 15) is 9.18 Å². The number of carbonyl (C=O) groups excluding carboxylic acids is 1. The highest BCUT2D eigenvalue weighted by Crippen LogP contribution is 2.41. The molecule has 0 bridgehead atoms. The Balaban J connectivity index is 1.46. The first-order chi connectivity index (χ1) is 13.1. The molecule has 1 aliphatic carbocycles. The van der Waals surface area contributed by atoms with Gasteiger partial charge in [-0.05, 0) is 56.2 Å². The lowest BCUT2D eigenvalue weighted by Gasteiger charge is -2.09. The number of halogens is 1. The summed E-state index contributed by atoms with van der Waals surface area (Å²) >= 11 is 1.37. The average Bonchev–Trinajstić information content (AvgIpc) is 3.42. The lowest BCUT2D eigenvalue weighted by Crippen LogP contribution is -2.14. The molecule has 27 heavy (non-hydrogen) atoms. The summed E-state index contributed by atoms with van der Waals surface area (Å²) in [5.41, 5.74) is 2.75. The maximum Gasteiger partial charge on any atom is 0.234 e. The molecule has 1 amide bonds. The molecular weight excluding hydrogens is 363 g/mol. The molecule has 3 aromatic rings. The number of hydrogen-bond donors (Lipinski definition) is 1. The third-order valence-corrected chi connectivity index (χ3v) is 5.29. The van der Waals surface area contributed by atoms with Crippen LogP contribution in [-0.4, -0.2) is 26.4 Å². The van der Waals surface area contributed by atoms with Gasteiger partial charge < -0.3 is 5.32 Å². The Hall–Kier alpha value is -2.67. The predicted octanol–water partition coefficient (Wildman–Crippen LogP) is 4.46. The van der Waals surface area contributed by atoms with Crippen LogP contribution < -0.4 is 5.32 Å². The van der Waals surface area contributed by atoms with Gasteiger partial charge in [-0.15, -0.1) is 10.2 Å². The molecule has 0 aliphatic heterocycles. The molecule has 2 aromatic carbocycles. The van der Waals surface area contributed by atoms with E-state index >= 15 is 0 Å². The van der Waals surface area contributed by atoms with Crippen molar-refractivity contribution in [2.45, 2.75) is 31.0 Å². The van der Waals surface area contributed by atoms with Crippen LogP contribution in [-0.2, 0) is 4.79 Å². The normalized spacial score (nSPS) is 13.6. The fourth-order valence-corrected chi connectivity index (χ4v) is 3.60. The second kappa shape index (κ2) is 7.52. The lowest BCUT2D eigenvalue weighted by atomic mass is 10.2. The number of aromatic nitrogens is 3. The summed E-state index contributed by atoms with van der Waals surface area (Å²) in [6.07, 6.45) is 2.13. The molecule has 1 aliphatic rings. The minimum absolute atomic E-state index is 0.0856. The lowest BCUT2D eigenvalue weighted by molar-refractivity contribution is -0.113. The zero-order valence-electron chi connectivity index (χ0n) is 14.9. The number of carbonyl (C=O) groups is 1. The molecule has 0 radical (unpaired) electrons. The van der Waals surface area contributed by atoms with Crippen molar-refractivity contribution in [1.82, 2.24) is 14.8 Å². The van der Waals surface area contributed by atoms with Gasteiger partial charge in [-0.1, -0.05) is 29.5 Å². The summed E-state index contributed by atoms with van der Waals surface area (Å²) in [6.45, 7) is 2.00. The van der Waals surface area contributed by atoms with Crippen molar-refractivity contribution in [2.24, 2.45) is 0 Å². The van der Waals surface area contributed by atoms with Crippen molar-refractivity contribution < 1.29 is 9.18 Å². The van der Waals surface area contributed by atoms with E-state index in [0.29, 0.717) is 6.04 Å². The van der Waals surface area contributed by atoms with Crippen molar-refractivity contribution >= 4 is 23.4 Å². The fourth-order valence-electron chi connectivity index (χ4n) is 2.80. The van der Waals surface area contributed by atoms with Crippen molar-refractivity contribution in [3.8, 4) is 11.4 Å². The second-order valence-corrected chi connectivity index (χ2v) is 7.56. The molecule has 138 valence electrons. The van der Waals surface area contributed by atoms with Crippen LogP contribution >= 0.6 is 11.8 Å². The van der Waals surface area contributed by atoms with Crippen LogP contribution in [0.15, 0.2) is 53.7 Å². The van der Waals surface area contributed by atoms with Gasteiger partial charge in [-0.3, -0.25) is 9.36 Å². The highest BCUT2D eigenvalue weighted by molar-refractivity contribution is 7.99. The molecule has 1 saturated carbocycles. The minimum Gasteiger partial charge on any atom is -0.325 e. The van der Waals surface area contributed by atoms with Gasteiger partial charge in [0.25, 0.3) is 0 Å². The van der Waals surface area contributed by atoms with Crippen molar-refractivity contribution in [1.29, 1.82) is 0 Å². The van der Waals surface area contributed by atoms with Crippen LogP contribution in [0.4, 0.5) is 10.1 Å². The highest BCUT2D eigenvalue weighted by atomic mass is 32.2. The van der Waals surface area contributed by atoms with E-state index in [1.165, 1.54) is 23.9 Å². The summed E-state index contributed by atoms with van der Waals surface area (Å²) in [5.74, 6) is 0.609. The van der Waals surface area contributed by atoms with Gasteiger partial charge in [0.1, 0.15) is 5.82 Å². The summed E-state index contributed by atoms with van der Waals surface area (Å²) in [7, 11) is 0. The Morgan fingerprint density at radius 1 is 1.15 bits per heavy atom. The number of nitrogens with one attached hydrogen (secondary N) is 1. The first kappa shape index (κ1) is 17.7. The standard InChI is InChI=1S/C20H19FN4OS/c1-13-2-8-16(9-3-13)22-18(26)12-27-20-24-23-19(25(20)17-10-11-17)14-4-6-15(21)7-5-14/h2-9,17H,10-12H2,1H3,(H,22,26). The molecule has 1 heterocycles. The number of rotatable bonds is 6. The Morgan fingerprint density at radius 3 is 2.52 bits per heavy atom. The third kappa shape index (κ3) is 4.19. The quantitative estimate of drug-likeness (QED) is 0.640. The number of hydrogen-bond acceptors (Lipinski definition) is 4. The first-order valence-electron chi connectivity index (χ1n) is 8.80. The van der Waals surface area contributed by atoms with Crippen LogP contribution in [0.5, 0.6) is 0 Å². The molecule has 0 saturated heterocycles. The number of anilines is 1. The van der Waals surface area contributed by atoms with E-state index in [1.54, 1.807) is 12.1 Å². The van der Waals surface area contributed by atoms with Gasteiger partial charge in [-0.25, -0.2) is 4.39 Å². The van der Waals surface area contributed by atoms with E-state index in [0.717, 1.165) is 40.6 Å². The molecule has 5 nitrogen and oxygen atoms in total. The van der Waals surface area contributed by atoms with Gasteiger partial charge >= 0.3 is 0 Å². The van der Waals surface area contributed by atoms with E-state index < -0.39 is 0 Å². The molecule has 1 N–H and O–H groups in total. The van der Waals surface area contributed by atoms with Crippen LogP contribution in [0.2, 0.25) is 0 Å². The number of aryl methyl sites for hydroxylation is 1. The smallest absolute Gasteiger partial charge is 0.234 e. The minimum atomic E-state index is -0.279. The summed E-state index contributed by atoms with van der Waals surface area (Å²) < 4.78 is 15.3. The third-order valence-electron chi connectivity index (χ3n) is 4.35. The number of amides is 1. The van der Waals surface area contributed by atoms with E-state index in [4.69, 9.17) is 0 Å². The van der Waals surface area contributed by atoms with Gasteiger partial charge in [0.2, 0.25) is 5.91 Å². The zero-order valence-corrected chi connectivity index (χ0v) is 15.7. The van der Waals surface area contributed by atoms with Crippen LogP contribution in [0, 0.1) is 12.7 Å². The van der Waals surface area contributed by atoms with E-state index in [2.05, 4.69) is 20.1 Å². The number of thioether (sulfide) groups is 1. The molecular formula is C20H19FN4OS. The highest BCUT2D eigenvalue weighted by Gasteiger charge is 2.30. The maximum atomic E-state index is 13.2. The van der Waals surface area contributed by atoms with Crippen molar-refractivity contribution in [2.75, 3.05) is 11.1 Å². The Kier molecular flexibility index (Phi) is 4.94. The maximum absolute atomic E-state index is 13.2. The Labute approximate surface area is 161 Å². The van der Waals surface area contributed by atoms with Gasteiger partial charge in [0, 0.05) is 17.3 Å². The largest absolute Gasteiger partial charge is 0.325 e.